The van der Waals surface area contributed by atoms with Crippen LogP contribution in [0.4, 0.5) is 0 Å². The highest BCUT2D eigenvalue weighted by molar-refractivity contribution is 5.71. The fourth-order valence-corrected chi connectivity index (χ4v) is 1.77. The minimum absolute atomic E-state index is 0.165. The van der Waals surface area contributed by atoms with Crippen LogP contribution in [0.1, 0.15) is 25.6 Å². The fraction of sp³-hybridized carbons (Fsp3) is 0.727. The van der Waals surface area contributed by atoms with Crippen molar-refractivity contribution >= 4 is 5.97 Å². The number of esters is 1. The lowest BCUT2D eigenvalue weighted by Crippen LogP contribution is -2.33. The van der Waals surface area contributed by atoms with Crippen molar-refractivity contribution in [3.8, 4) is 0 Å². The summed E-state index contributed by atoms with van der Waals surface area (Å²) in [5.41, 5.74) is 0. The number of aromatic nitrogens is 3. The van der Waals surface area contributed by atoms with E-state index in [4.69, 9.17) is 4.74 Å². The van der Waals surface area contributed by atoms with Crippen molar-refractivity contribution in [2.45, 2.75) is 32.4 Å². The minimum Gasteiger partial charge on any atom is -0.465 e. The van der Waals surface area contributed by atoms with E-state index in [0.717, 1.165) is 18.7 Å². The zero-order valence-corrected chi connectivity index (χ0v) is 10.3. The topological polar surface area (TPSA) is 60.2 Å². The quantitative estimate of drug-likeness (QED) is 0.669. The van der Waals surface area contributed by atoms with E-state index >= 15 is 0 Å². The fourth-order valence-electron chi connectivity index (χ4n) is 1.77. The molecule has 1 aliphatic carbocycles. The van der Waals surface area contributed by atoms with Gasteiger partial charge in [-0.15, -0.1) is 0 Å². The van der Waals surface area contributed by atoms with E-state index < -0.39 is 0 Å². The number of hydrogen-bond acceptors (Lipinski definition) is 5. The van der Waals surface area contributed by atoms with Crippen LogP contribution in [-0.4, -0.2) is 44.8 Å². The largest absolute Gasteiger partial charge is 0.465 e. The molecule has 1 aromatic rings. The first-order valence-electron chi connectivity index (χ1n) is 5.93. The van der Waals surface area contributed by atoms with Gasteiger partial charge in [0.15, 0.2) is 0 Å². The summed E-state index contributed by atoms with van der Waals surface area (Å²) in [5, 5.41) is 4.03. The molecular formula is C11H18N4O2. The Morgan fingerprint density at radius 1 is 1.65 bits per heavy atom. The van der Waals surface area contributed by atoms with Gasteiger partial charge in [-0.25, -0.2) is 4.98 Å². The first kappa shape index (κ1) is 12.0. The third-order valence-electron chi connectivity index (χ3n) is 2.85. The molecule has 0 saturated heterocycles. The first-order valence-corrected chi connectivity index (χ1v) is 5.93. The van der Waals surface area contributed by atoms with Crippen LogP contribution in [0.15, 0.2) is 6.33 Å². The van der Waals surface area contributed by atoms with Gasteiger partial charge < -0.3 is 4.74 Å². The Balaban J connectivity index is 1.93. The molecule has 1 heterocycles. The third-order valence-corrected chi connectivity index (χ3v) is 2.85. The summed E-state index contributed by atoms with van der Waals surface area (Å²) in [5.74, 6) is 0.711. The Labute approximate surface area is 101 Å². The summed E-state index contributed by atoms with van der Waals surface area (Å²) >= 11 is 0. The van der Waals surface area contributed by atoms with E-state index in [9.17, 15) is 4.79 Å². The molecule has 1 aromatic heterocycles. The minimum atomic E-state index is -0.165. The second-order valence-corrected chi connectivity index (χ2v) is 4.24. The first-order chi connectivity index (χ1) is 8.20. The van der Waals surface area contributed by atoms with Gasteiger partial charge in [0.1, 0.15) is 12.2 Å². The molecule has 1 aliphatic rings. The second-order valence-electron chi connectivity index (χ2n) is 4.24. The monoisotopic (exact) mass is 238 g/mol. The molecule has 2 rings (SSSR count). The van der Waals surface area contributed by atoms with Gasteiger partial charge >= 0.3 is 5.97 Å². The zero-order valence-electron chi connectivity index (χ0n) is 10.3. The molecule has 0 aliphatic heterocycles. The lowest BCUT2D eigenvalue weighted by Gasteiger charge is -2.19. The van der Waals surface area contributed by atoms with Crippen LogP contribution in [0, 0.1) is 0 Å². The van der Waals surface area contributed by atoms with Crippen LogP contribution >= 0.6 is 0 Å². The van der Waals surface area contributed by atoms with E-state index in [0.29, 0.717) is 25.7 Å². The van der Waals surface area contributed by atoms with Crippen LogP contribution in [0.3, 0.4) is 0 Å². The zero-order chi connectivity index (χ0) is 12.3. The van der Waals surface area contributed by atoms with Gasteiger partial charge in [0, 0.05) is 13.1 Å². The number of carbonyl (C=O) groups excluding carboxylic acids is 1. The summed E-state index contributed by atoms with van der Waals surface area (Å²) in [6.07, 6.45) is 3.83. The Morgan fingerprint density at radius 2 is 2.41 bits per heavy atom. The SMILES string of the molecule is CCOC(=O)CN(Cc1ncnn1C)C1CC1. The summed E-state index contributed by atoms with van der Waals surface area (Å²) in [7, 11) is 1.86. The van der Waals surface area contributed by atoms with Crippen molar-refractivity contribution in [2.75, 3.05) is 13.2 Å². The summed E-state index contributed by atoms with van der Waals surface area (Å²) in [4.78, 5) is 17.8. The molecule has 0 N–H and O–H groups in total. The van der Waals surface area contributed by atoms with E-state index in [1.165, 1.54) is 6.33 Å². The summed E-state index contributed by atoms with van der Waals surface area (Å²) in [6.45, 7) is 3.24. The van der Waals surface area contributed by atoms with Gasteiger partial charge in [-0.2, -0.15) is 5.10 Å². The number of nitrogens with zero attached hydrogens (tertiary/aromatic N) is 4. The second kappa shape index (κ2) is 5.27. The number of aryl methyl sites for hydroxylation is 1. The van der Waals surface area contributed by atoms with Crippen molar-refractivity contribution in [2.24, 2.45) is 7.05 Å². The highest BCUT2D eigenvalue weighted by Crippen LogP contribution is 2.27. The smallest absolute Gasteiger partial charge is 0.320 e. The van der Waals surface area contributed by atoms with Crippen molar-refractivity contribution in [1.82, 2.24) is 19.7 Å². The highest BCUT2D eigenvalue weighted by atomic mass is 16.5. The summed E-state index contributed by atoms with van der Waals surface area (Å²) < 4.78 is 6.71. The molecule has 0 unspecified atom stereocenters. The van der Waals surface area contributed by atoms with Crippen LogP contribution in [0.2, 0.25) is 0 Å². The molecular weight excluding hydrogens is 220 g/mol. The molecule has 1 saturated carbocycles. The maximum atomic E-state index is 11.5. The van der Waals surface area contributed by atoms with Gasteiger partial charge in [0.05, 0.1) is 19.7 Å². The normalized spacial score (nSPS) is 15.2. The number of carbonyl (C=O) groups is 1. The van der Waals surface area contributed by atoms with Gasteiger partial charge in [-0.1, -0.05) is 0 Å². The van der Waals surface area contributed by atoms with E-state index in [1.54, 1.807) is 4.68 Å². The molecule has 6 heteroatoms. The molecule has 1 fully saturated rings. The number of hydrogen-bond donors (Lipinski definition) is 0. The van der Waals surface area contributed by atoms with Crippen molar-refractivity contribution in [3.63, 3.8) is 0 Å². The van der Waals surface area contributed by atoms with E-state index in [1.807, 2.05) is 14.0 Å². The van der Waals surface area contributed by atoms with Crippen LogP contribution in [0.5, 0.6) is 0 Å². The predicted octanol–water partition coefficient (Wildman–Crippen LogP) is 0.343. The van der Waals surface area contributed by atoms with E-state index in [-0.39, 0.29) is 5.97 Å². The molecule has 94 valence electrons. The van der Waals surface area contributed by atoms with Crippen molar-refractivity contribution < 1.29 is 9.53 Å². The summed E-state index contributed by atoms with van der Waals surface area (Å²) in [6, 6.07) is 0.496. The average molecular weight is 238 g/mol. The van der Waals surface area contributed by atoms with Crippen LogP contribution in [0.25, 0.3) is 0 Å². The van der Waals surface area contributed by atoms with Gasteiger partial charge in [0.25, 0.3) is 0 Å². The predicted molar refractivity (Wildman–Crippen MR) is 61.1 cm³/mol. The van der Waals surface area contributed by atoms with Crippen molar-refractivity contribution in [3.05, 3.63) is 12.2 Å². The number of rotatable bonds is 6. The molecule has 0 bridgehead atoms. The Bertz CT molecular complexity index is 387. The van der Waals surface area contributed by atoms with Crippen LogP contribution in [-0.2, 0) is 23.1 Å². The third kappa shape index (κ3) is 3.26. The lowest BCUT2D eigenvalue weighted by molar-refractivity contribution is -0.144. The maximum Gasteiger partial charge on any atom is 0.320 e. The maximum absolute atomic E-state index is 11.5. The Kier molecular flexibility index (Phi) is 3.73. The van der Waals surface area contributed by atoms with Gasteiger partial charge in [0.2, 0.25) is 0 Å². The standard InChI is InChI=1S/C11H18N4O2/c1-3-17-11(16)7-15(9-4-5-9)6-10-12-8-13-14(10)2/h8-9H,3-7H2,1-2H3. The molecule has 0 spiro atoms. The highest BCUT2D eigenvalue weighted by Gasteiger charge is 2.31. The average Bonchev–Trinajstić information content (AvgIpc) is 3.05. The Morgan fingerprint density at radius 3 is 2.94 bits per heavy atom. The van der Waals surface area contributed by atoms with Gasteiger partial charge in [-0.3, -0.25) is 14.4 Å². The van der Waals surface area contributed by atoms with E-state index in [2.05, 4.69) is 15.0 Å². The Hall–Kier alpha value is -1.43. The molecule has 6 nitrogen and oxygen atoms in total. The van der Waals surface area contributed by atoms with Crippen LogP contribution < -0.4 is 0 Å². The molecule has 0 radical (unpaired) electrons. The molecule has 0 atom stereocenters. The molecule has 0 amide bonds. The van der Waals surface area contributed by atoms with Crippen molar-refractivity contribution in [1.29, 1.82) is 0 Å². The molecule has 0 aromatic carbocycles. The lowest BCUT2D eigenvalue weighted by atomic mass is 10.4. The number of ether oxygens (including phenoxy) is 1. The molecule has 17 heavy (non-hydrogen) atoms. The van der Waals surface area contributed by atoms with Gasteiger partial charge in [-0.05, 0) is 19.8 Å².